The minimum absolute atomic E-state index is 0.606. The molecule has 1 aromatic rings. The molecule has 0 atom stereocenters. The number of ether oxygens (including phenoxy) is 2. The third-order valence-electron chi connectivity index (χ3n) is 3.36. The number of nitrogens with zero attached hydrogens (tertiary/aromatic N) is 2. The van der Waals surface area contributed by atoms with Crippen molar-refractivity contribution in [2.45, 2.75) is 25.3 Å². The smallest absolute Gasteiger partial charge is 0.191 e. The predicted molar refractivity (Wildman–Crippen MR) is 80.4 cm³/mol. The molecule has 1 aromatic carbocycles. The maximum absolute atomic E-state index is 5.90. The van der Waals surface area contributed by atoms with Gasteiger partial charge in [-0.1, -0.05) is 0 Å². The van der Waals surface area contributed by atoms with Crippen LogP contribution in [0.2, 0.25) is 0 Å². The highest BCUT2D eigenvalue weighted by Crippen LogP contribution is 2.24. The molecule has 0 aliphatic heterocycles. The van der Waals surface area contributed by atoms with Gasteiger partial charge in [0.05, 0.1) is 13.7 Å². The van der Waals surface area contributed by atoms with Crippen molar-refractivity contribution in [1.29, 1.82) is 0 Å². The van der Waals surface area contributed by atoms with Gasteiger partial charge in [-0.15, -0.1) is 0 Å². The molecule has 0 saturated heterocycles. The summed E-state index contributed by atoms with van der Waals surface area (Å²) >= 11 is 0. The molecule has 2 N–H and O–H groups in total. The zero-order chi connectivity index (χ0) is 14.4. The minimum atomic E-state index is 0.606. The monoisotopic (exact) mass is 277 g/mol. The Hall–Kier alpha value is -1.91. The molecule has 5 heteroatoms. The maximum atomic E-state index is 5.90. The van der Waals surface area contributed by atoms with Gasteiger partial charge in [0.25, 0.3) is 0 Å². The molecule has 110 valence electrons. The summed E-state index contributed by atoms with van der Waals surface area (Å²) in [4.78, 5) is 6.42. The van der Waals surface area contributed by atoms with E-state index in [0.717, 1.165) is 17.9 Å². The van der Waals surface area contributed by atoms with Crippen LogP contribution in [-0.4, -0.2) is 44.2 Å². The van der Waals surface area contributed by atoms with Crippen LogP contribution >= 0.6 is 0 Å². The first-order chi connectivity index (χ1) is 9.70. The summed E-state index contributed by atoms with van der Waals surface area (Å²) in [6.07, 6.45) is 3.31. The number of aliphatic imine (C=N–C) groups is 1. The molecule has 2 rings (SSSR count). The SMILES string of the molecule is COc1ccc(OCCCN=C(N)N(C)C2CC2)cc1. The minimum Gasteiger partial charge on any atom is -0.497 e. The van der Waals surface area contributed by atoms with Crippen LogP contribution in [0.4, 0.5) is 0 Å². The molecule has 0 aromatic heterocycles. The molecule has 0 heterocycles. The summed E-state index contributed by atoms with van der Waals surface area (Å²) in [7, 11) is 3.65. The Morgan fingerprint density at radius 3 is 2.55 bits per heavy atom. The fourth-order valence-corrected chi connectivity index (χ4v) is 1.88. The summed E-state index contributed by atoms with van der Waals surface area (Å²) in [6, 6.07) is 8.18. The maximum Gasteiger partial charge on any atom is 0.191 e. The van der Waals surface area contributed by atoms with Crippen molar-refractivity contribution in [2.75, 3.05) is 27.3 Å². The van der Waals surface area contributed by atoms with Gasteiger partial charge >= 0.3 is 0 Å². The van der Waals surface area contributed by atoms with Crippen LogP contribution in [0.15, 0.2) is 29.3 Å². The average Bonchev–Trinajstić information content (AvgIpc) is 3.31. The Kier molecular flexibility index (Phi) is 5.09. The van der Waals surface area contributed by atoms with Gasteiger partial charge in [0, 0.05) is 26.1 Å². The van der Waals surface area contributed by atoms with E-state index in [1.165, 1.54) is 12.8 Å². The molecule has 0 unspecified atom stereocenters. The molecule has 1 saturated carbocycles. The van der Waals surface area contributed by atoms with Gasteiger partial charge in [-0.05, 0) is 37.1 Å². The average molecular weight is 277 g/mol. The van der Waals surface area contributed by atoms with E-state index in [4.69, 9.17) is 15.2 Å². The third kappa shape index (κ3) is 4.33. The number of hydrogen-bond donors (Lipinski definition) is 1. The molecule has 1 fully saturated rings. The highest BCUT2D eigenvalue weighted by molar-refractivity contribution is 5.78. The number of rotatable bonds is 7. The molecule has 1 aliphatic rings. The summed E-state index contributed by atoms with van der Waals surface area (Å²) in [6.45, 7) is 1.33. The van der Waals surface area contributed by atoms with Crippen LogP contribution in [-0.2, 0) is 0 Å². The molecular weight excluding hydrogens is 254 g/mol. The van der Waals surface area contributed by atoms with Crippen molar-refractivity contribution in [1.82, 2.24) is 4.90 Å². The van der Waals surface area contributed by atoms with E-state index in [0.29, 0.717) is 25.2 Å². The Bertz CT molecular complexity index is 441. The lowest BCUT2D eigenvalue weighted by Gasteiger charge is -2.16. The number of guanidine groups is 1. The van der Waals surface area contributed by atoms with Crippen molar-refractivity contribution in [2.24, 2.45) is 10.7 Å². The standard InChI is InChI=1S/C15H23N3O2/c1-18(12-4-5-12)15(16)17-10-3-11-20-14-8-6-13(19-2)7-9-14/h6-9,12H,3-5,10-11H2,1-2H3,(H2,16,17). The highest BCUT2D eigenvalue weighted by Gasteiger charge is 2.27. The molecular formula is C15H23N3O2. The number of benzene rings is 1. The lowest BCUT2D eigenvalue weighted by molar-refractivity contribution is 0.312. The molecule has 20 heavy (non-hydrogen) atoms. The summed E-state index contributed by atoms with van der Waals surface area (Å²) in [5.41, 5.74) is 5.90. The van der Waals surface area contributed by atoms with Gasteiger partial charge in [-0.2, -0.15) is 0 Å². The molecule has 0 bridgehead atoms. The lowest BCUT2D eigenvalue weighted by Crippen LogP contribution is -2.35. The van der Waals surface area contributed by atoms with Gasteiger partial charge in [0.1, 0.15) is 11.5 Å². The van der Waals surface area contributed by atoms with Crippen molar-refractivity contribution in [3.8, 4) is 11.5 Å². The molecule has 0 amide bonds. The number of nitrogens with two attached hydrogens (primary N) is 1. The lowest BCUT2D eigenvalue weighted by atomic mass is 10.3. The summed E-state index contributed by atoms with van der Waals surface area (Å²) in [5, 5.41) is 0. The molecule has 1 aliphatic carbocycles. The zero-order valence-electron chi connectivity index (χ0n) is 12.2. The largest absolute Gasteiger partial charge is 0.497 e. The van der Waals surface area contributed by atoms with Crippen LogP contribution in [0.5, 0.6) is 11.5 Å². The first kappa shape index (κ1) is 14.5. The second-order valence-corrected chi connectivity index (χ2v) is 4.96. The van der Waals surface area contributed by atoms with E-state index >= 15 is 0 Å². The topological polar surface area (TPSA) is 60.1 Å². The van der Waals surface area contributed by atoms with Gasteiger partial charge in [0.2, 0.25) is 0 Å². The van der Waals surface area contributed by atoms with E-state index in [2.05, 4.69) is 9.89 Å². The normalized spacial score (nSPS) is 15.0. The quantitative estimate of drug-likeness (QED) is 0.469. The molecule has 0 radical (unpaired) electrons. The highest BCUT2D eigenvalue weighted by atomic mass is 16.5. The van der Waals surface area contributed by atoms with Crippen molar-refractivity contribution < 1.29 is 9.47 Å². The summed E-state index contributed by atoms with van der Waals surface area (Å²) in [5.74, 6) is 2.31. The van der Waals surface area contributed by atoms with Crippen LogP contribution in [0.25, 0.3) is 0 Å². The first-order valence-electron chi connectivity index (χ1n) is 7.00. The van der Waals surface area contributed by atoms with Crippen molar-refractivity contribution >= 4 is 5.96 Å². The van der Waals surface area contributed by atoms with Crippen molar-refractivity contribution in [3.05, 3.63) is 24.3 Å². The van der Waals surface area contributed by atoms with Gasteiger partial charge in [-0.3, -0.25) is 4.99 Å². The Labute approximate surface area is 120 Å². The fraction of sp³-hybridized carbons (Fsp3) is 0.533. The van der Waals surface area contributed by atoms with E-state index in [-0.39, 0.29) is 0 Å². The van der Waals surface area contributed by atoms with Gasteiger partial charge < -0.3 is 20.1 Å². The third-order valence-corrected chi connectivity index (χ3v) is 3.36. The van der Waals surface area contributed by atoms with E-state index in [9.17, 15) is 0 Å². The Balaban J connectivity index is 1.64. The zero-order valence-corrected chi connectivity index (χ0v) is 12.2. The second kappa shape index (κ2) is 7.03. The molecule has 0 spiro atoms. The van der Waals surface area contributed by atoms with E-state index < -0.39 is 0 Å². The Morgan fingerprint density at radius 2 is 1.95 bits per heavy atom. The van der Waals surface area contributed by atoms with Crippen molar-refractivity contribution in [3.63, 3.8) is 0 Å². The first-order valence-corrected chi connectivity index (χ1v) is 7.00. The van der Waals surface area contributed by atoms with Gasteiger partial charge in [0.15, 0.2) is 5.96 Å². The number of hydrogen-bond acceptors (Lipinski definition) is 3. The van der Waals surface area contributed by atoms with Gasteiger partial charge in [-0.25, -0.2) is 0 Å². The predicted octanol–water partition coefficient (Wildman–Crippen LogP) is 1.87. The van der Waals surface area contributed by atoms with E-state index in [1.807, 2.05) is 31.3 Å². The molecule has 5 nitrogen and oxygen atoms in total. The van der Waals surface area contributed by atoms with Crippen LogP contribution in [0.3, 0.4) is 0 Å². The Morgan fingerprint density at radius 1 is 1.30 bits per heavy atom. The van der Waals surface area contributed by atoms with Crippen LogP contribution < -0.4 is 15.2 Å². The fourth-order valence-electron chi connectivity index (χ4n) is 1.88. The van der Waals surface area contributed by atoms with Crippen LogP contribution in [0, 0.1) is 0 Å². The van der Waals surface area contributed by atoms with E-state index in [1.54, 1.807) is 7.11 Å². The second-order valence-electron chi connectivity index (χ2n) is 4.96. The number of methoxy groups -OCH3 is 1. The van der Waals surface area contributed by atoms with Crippen LogP contribution in [0.1, 0.15) is 19.3 Å². The summed E-state index contributed by atoms with van der Waals surface area (Å²) < 4.78 is 10.7.